The zero-order valence-electron chi connectivity index (χ0n) is 11.2. The SMILES string of the molecule is CCN(CC(C)(C)O)C(=O)Nc1ccc(Br)c(F)c1. The van der Waals surface area contributed by atoms with Crippen molar-refractivity contribution in [3.63, 3.8) is 0 Å². The van der Waals surface area contributed by atoms with E-state index in [2.05, 4.69) is 21.2 Å². The van der Waals surface area contributed by atoms with E-state index in [0.29, 0.717) is 16.7 Å². The molecule has 106 valence electrons. The monoisotopic (exact) mass is 332 g/mol. The van der Waals surface area contributed by atoms with Gasteiger partial charge < -0.3 is 15.3 Å². The lowest BCUT2D eigenvalue weighted by atomic mass is 10.1. The van der Waals surface area contributed by atoms with E-state index in [1.165, 1.54) is 17.0 Å². The number of aliphatic hydroxyl groups is 1. The van der Waals surface area contributed by atoms with Crippen LogP contribution in [0, 0.1) is 5.82 Å². The van der Waals surface area contributed by atoms with Crippen LogP contribution in [-0.4, -0.2) is 34.7 Å². The first kappa shape index (κ1) is 15.9. The average molecular weight is 333 g/mol. The van der Waals surface area contributed by atoms with Crippen molar-refractivity contribution in [1.29, 1.82) is 0 Å². The smallest absolute Gasteiger partial charge is 0.321 e. The lowest BCUT2D eigenvalue weighted by Gasteiger charge is -2.28. The first-order valence-corrected chi connectivity index (χ1v) is 6.75. The molecule has 0 bridgehead atoms. The number of carbonyl (C=O) groups is 1. The summed E-state index contributed by atoms with van der Waals surface area (Å²) < 4.78 is 13.7. The fraction of sp³-hybridized carbons (Fsp3) is 0.462. The fourth-order valence-corrected chi connectivity index (χ4v) is 1.82. The summed E-state index contributed by atoms with van der Waals surface area (Å²) in [4.78, 5) is 13.4. The van der Waals surface area contributed by atoms with Gasteiger partial charge in [-0.15, -0.1) is 0 Å². The highest BCUT2D eigenvalue weighted by Gasteiger charge is 2.21. The summed E-state index contributed by atoms with van der Waals surface area (Å²) >= 11 is 3.05. The molecule has 0 fully saturated rings. The maximum Gasteiger partial charge on any atom is 0.321 e. The van der Waals surface area contributed by atoms with Crippen molar-refractivity contribution in [1.82, 2.24) is 4.90 Å². The van der Waals surface area contributed by atoms with Crippen molar-refractivity contribution in [3.8, 4) is 0 Å². The molecule has 2 N–H and O–H groups in total. The Balaban J connectivity index is 2.74. The van der Waals surface area contributed by atoms with Gasteiger partial charge in [-0.2, -0.15) is 0 Å². The number of carbonyl (C=O) groups excluding carboxylic acids is 1. The van der Waals surface area contributed by atoms with Crippen molar-refractivity contribution in [2.24, 2.45) is 0 Å². The van der Waals surface area contributed by atoms with Crippen LogP contribution < -0.4 is 5.32 Å². The van der Waals surface area contributed by atoms with Gasteiger partial charge in [0.2, 0.25) is 0 Å². The molecule has 0 unspecified atom stereocenters. The Morgan fingerprint density at radius 2 is 2.16 bits per heavy atom. The highest BCUT2D eigenvalue weighted by Crippen LogP contribution is 2.19. The minimum atomic E-state index is -0.974. The predicted molar refractivity (Wildman–Crippen MR) is 76.7 cm³/mol. The Bertz CT molecular complexity index is 460. The summed E-state index contributed by atoms with van der Waals surface area (Å²) in [6.07, 6.45) is 0. The van der Waals surface area contributed by atoms with Gasteiger partial charge in [0.05, 0.1) is 16.6 Å². The zero-order valence-corrected chi connectivity index (χ0v) is 12.8. The van der Waals surface area contributed by atoms with E-state index >= 15 is 0 Å². The molecule has 0 atom stereocenters. The van der Waals surface area contributed by atoms with E-state index in [1.54, 1.807) is 19.9 Å². The third kappa shape index (κ3) is 5.16. The number of halogens is 2. The highest BCUT2D eigenvalue weighted by atomic mass is 79.9. The summed E-state index contributed by atoms with van der Waals surface area (Å²) in [6, 6.07) is 3.99. The molecule has 0 saturated carbocycles. The quantitative estimate of drug-likeness (QED) is 0.889. The van der Waals surface area contributed by atoms with Crippen LogP contribution in [0.5, 0.6) is 0 Å². The van der Waals surface area contributed by atoms with Crippen LogP contribution >= 0.6 is 15.9 Å². The van der Waals surface area contributed by atoms with Crippen molar-refractivity contribution >= 4 is 27.6 Å². The number of nitrogens with one attached hydrogen (secondary N) is 1. The van der Waals surface area contributed by atoms with Crippen LogP contribution in [-0.2, 0) is 0 Å². The number of nitrogens with zero attached hydrogens (tertiary/aromatic N) is 1. The molecule has 0 radical (unpaired) electrons. The van der Waals surface area contributed by atoms with Crippen molar-refractivity contribution in [3.05, 3.63) is 28.5 Å². The van der Waals surface area contributed by atoms with Gasteiger partial charge in [-0.25, -0.2) is 9.18 Å². The molecule has 1 rings (SSSR count). The molecular weight excluding hydrogens is 315 g/mol. The summed E-state index contributed by atoms with van der Waals surface area (Å²) in [5, 5.41) is 12.3. The number of benzene rings is 1. The van der Waals surface area contributed by atoms with E-state index in [-0.39, 0.29) is 12.6 Å². The predicted octanol–water partition coefficient (Wildman–Crippen LogP) is 3.21. The van der Waals surface area contributed by atoms with Crippen molar-refractivity contribution in [2.75, 3.05) is 18.4 Å². The zero-order chi connectivity index (χ0) is 14.6. The van der Waals surface area contributed by atoms with Gasteiger partial charge in [0.1, 0.15) is 5.82 Å². The van der Waals surface area contributed by atoms with Crippen LogP contribution in [0.3, 0.4) is 0 Å². The van der Waals surface area contributed by atoms with Crippen molar-refractivity contribution < 1.29 is 14.3 Å². The molecule has 4 nitrogen and oxygen atoms in total. The standard InChI is InChI=1S/C13H18BrFN2O2/c1-4-17(8-13(2,3)19)12(18)16-9-5-6-10(14)11(15)7-9/h5-7,19H,4,8H2,1-3H3,(H,16,18). The van der Waals surface area contributed by atoms with Crippen LogP contribution in [0.25, 0.3) is 0 Å². The van der Waals surface area contributed by atoms with Gasteiger partial charge in [-0.3, -0.25) is 0 Å². The maximum absolute atomic E-state index is 13.3. The van der Waals surface area contributed by atoms with Gasteiger partial charge >= 0.3 is 6.03 Å². The minimum Gasteiger partial charge on any atom is -0.389 e. The fourth-order valence-electron chi connectivity index (χ4n) is 1.57. The van der Waals surface area contributed by atoms with Crippen molar-refractivity contribution in [2.45, 2.75) is 26.4 Å². The van der Waals surface area contributed by atoms with Gasteiger partial charge in [-0.05, 0) is 54.9 Å². The molecule has 6 heteroatoms. The second kappa shape index (κ2) is 6.34. The molecule has 1 aromatic carbocycles. The first-order chi connectivity index (χ1) is 8.73. The van der Waals surface area contributed by atoms with Gasteiger partial charge in [0, 0.05) is 12.2 Å². The van der Waals surface area contributed by atoms with E-state index in [0.717, 1.165) is 0 Å². The number of likely N-dealkylation sites (N-methyl/N-ethyl adjacent to an activating group) is 1. The molecule has 0 aromatic heterocycles. The van der Waals surface area contributed by atoms with Crippen LogP contribution in [0.4, 0.5) is 14.9 Å². The number of urea groups is 1. The largest absolute Gasteiger partial charge is 0.389 e. The molecule has 1 aromatic rings. The van der Waals surface area contributed by atoms with Gasteiger partial charge in [0.25, 0.3) is 0 Å². The molecule has 0 aliphatic rings. The lowest BCUT2D eigenvalue weighted by molar-refractivity contribution is 0.0501. The molecule has 2 amide bonds. The lowest BCUT2D eigenvalue weighted by Crippen LogP contribution is -2.44. The number of amides is 2. The van der Waals surface area contributed by atoms with E-state index in [1.807, 2.05) is 6.92 Å². The Morgan fingerprint density at radius 1 is 1.53 bits per heavy atom. The molecule has 19 heavy (non-hydrogen) atoms. The first-order valence-electron chi connectivity index (χ1n) is 5.96. The second-order valence-corrected chi connectivity index (χ2v) is 5.74. The third-order valence-electron chi connectivity index (χ3n) is 2.42. The number of hydrogen-bond donors (Lipinski definition) is 2. The summed E-state index contributed by atoms with van der Waals surface area (Å²) in [5.74, 6) is -0.441. The van der Waals surface area contributed by atoms with Crippen LogP contribution in [0.1, 0.15) is 20.8 Å². The molecule has 0 aliphatic carbocycles. The Morgan fingerprint density at radius 3 is 2.63 bits per heavy atom. The molecule has 0 spiro atoms. The summed E-state index contributed by atoms with van der Waals surface area (Å²) in [7, 11) is 0. The second-order valence-electron chi connectivity index (χ2n) is 4.89. The minimum absolute atomic E-state index is 0.203. The normalized spacial score (nSPS) is 11.3. The third-order valence-corrected chi connectivity index (χ3v) is 3.06. The number of hydrogen-bond acceptors (Lipinski definition) is 2. The van der Waals surface area contributed by atoms with E-state index in [4.69, 9.17) is 0 Å². The maximum atomic E-state index is 13.3. The number of rotatable bonds is 4. The van der Waals surface area contributed by atoms with E-state index < -0.39 is 11.4 Å². The summed E-state index contributed by atoms with van der Waals surface area (Å²) in [5.41, 5.74) is -0.599. The molecular formula is C13H18BrFN2O2. The molecule has 0 saturated heterocycles. The Labute approximate surface area is 120 Å². The highest BCUT2D eigenvalue weighted by molar-refractivity contribution is 9.10. The van der Waals surface area contributed by atoms with Gasteiger partial charge in [0.15, 0.2) is 0 Å². The van der Waals surface area contributed by atoms with Crippen LogP contribution in [0.15, 0.2) is 22.7 Å². The van der Waals surface area contributed by atoms with Gasteiger partial charge in [-0.1, -0.05) is 0 Å². The topological polar surface area (TPSA) is 52.6 Å². The van der Waals surface area contributed by atoms with Crippen LogP contribution in [0.2, 0.25) is 0 Å². The number of anilines is 1. The molecule has 0 aliphatic heterocycles. The Hall–Kier alpha value is -1.14. The molecule has 0 heterocycles. The van der Waals surface area contributed by atoms with E-state index in [9.17, 15) is 14.3 Å². The summed E-state index contributed by atoms with van der Waals surface area (Å²) in [6.45, 7) is 5.72. The average Bonchev–Trinajstić information content (AvgIpc) is 2.29. The Kier molecular flexibility index (Phi) is 5.31.